The van der Waals surface area contributed by atoms with Crippen molar-refractivity contribution >= 4 is 17.9 Å². The van der Waals surface area contributed by atoms with Gasteiger partial charge >= 0.3 is 6.36 Å². The van der Waals surface area contributed by atoms with Crippen LogP contribution >= 0.6 is 0 Å². The molecular weight excluding hydrogens is 363 g/mol. The average Bonchev–Trinajstić information content (AvgIpc) is 3.11. The van der Waals surface area contributed by atoms with E-state index in [-0.39, 0.29) is 17.0 Å². The van der Waals surface area contributed by atoms with Crippen LogP contribution in [0, 0.1) is 0 Å². The van der Waals surface area contributed by atoms with E-state index in [4.69, 9.17) is 4.42 Å². The first-order valence-corrected chi connectivity index (χ1v) is 7.67. The minimum absolute atomic E-state index is 0.125. The third kappa shape index (κ3) is 4.55. The highest BCUT2D eigenvalue weighted by atomic mass is 19.4. The molecule has 27 heavy (non-hydrogen) atoms. The van der Waals surface area contributed by atoms with Crippen molar-refractivity contribution in [3.8, 4) is 17.1 Å². The van der Waals surface area contributed by atoms with Crippen LogP contribution in [0.15, 0.2) is 65.1 Å². The van der Waals surface area contributed by atoms with Crippen LogP contribution in [0.25, 0.3) is 11.3 Å². The molecule has 8 heteroatoms. The molecule has 0 fully saturated rings. The van der Waals surface area contributed by atoms with E-state index < -0.39 is 18.0 Å². The van der Waals surface area contributed by atoms with Gasteiger partial charge in [0.2, 0.25) is 0 Å². The number of hydrogen-bond acceptors (Lipinski definition) is 4. The molecule has 0 aliphatic heterocycles. The van der Waals surface area contributed by atoms with Crippen molar-refractivity contribution in [1.82, 2.24) is 0 Å². The standard InChI is InChI=1S/C19H12F3NO4/c20-19(21,22)27-13-7-5-12(6-8-13)23-18(25)16-4-2-1-3-15(16)17-10-9-14(11-24)26-17/h1-11H,(H,23,25). The normalized spacial score (nSPS) is 11.1. The fraction of sp³-hybridized carbons (Fsp3) is 0.0526. The van der Waals surface area contributed by atoms with Crippen LogP contribution in [0.4, 0.5) is 18.9 Å². The number of alkyl halides is 3. The second-order valence-corrected chi connectivity index (χ2v) is 5.39. The number of ether oxygens (including phenoxy) is 1. The molecule has 0 atom stereocenters. The van der Waals surface area contributed by atoms with Crippen molar-refractivity contribution in [3.63, 3.8) is 0 Å². The maximum Gasteiger partial charge on any atom is 0.573 e. The van der Waals surface area contributed by atoms with Gasteiger partial charge in [0, 0.05) is 11.3 Å². The Morgan fingerprint density at radius 2 is 1.70 bits per heavy atom. The molecule has 0 saturated heterocycles. The minimum atomic E-state index is -4.78. The summed E-state index contributed by atoms with van der Waals surface area (Å²) in [7, 11) is 0. The highest BCUT2D eigenvalue weighted by Gasteiger charge is 2.31. The maximum absolute atomic E-state index is 12.6. The van der Waals surface area contributed by atoms with Crippen molar-refractivity contribution < 1.29 is 31.9 Å². The Bertz CT molecular complexity index is 962. The quantitative estimate of drug-likeness (QED) is 0.644. The topological polar surface area (TPSA) is 68.5 Å². The van der Waals surface area contributed by atoms with Gasteiger partial charge in [-0.15, -0.1) is 13.2 Å². The van der Waals surface area contributed by atoms with Gasteiger partial charge in [0.1, 0.15) is 11.5 Å². The van der Waals surface area contributed by atoms with Crippen molar-refractivity contribution in [2.75, 3.05) is 5.32 Å². The van der Waals surface area contributed by atoms with Gasteiger partial charge in [0.25, 0.3) is 5.91 Å². The Labute approximate surface area is 151 Å². The Balaban J connectivity index is 1.80. The van der Waals surface area contributed by atoms with E-state index in [0.717, 1.165) is 12.1 Å². The van der Waals surface area contributed by atoms with Crippen LogP contribution in [-0.4, -0.2) is 18.6 Å². The zero-order valence-corrected chi connectivity index (χ0v) is 13.6. The fourth-order valence-corrected chi connectivity index (χ4v) is 2.40. The number of benzene rings is 2. The molecule has 0 spiro atoms. The molecule has 0 radical (unpaired) electrons. The second-order valence-electron chi connectivity index (χ2n) is 5.39. The smallest absolute Gasteiger partial charge is 0.453 e. The Hall–Kier alpha value is -3.55. The van der Waals surface area contributed by atoms with Crippen LogP contribution in [0.3, 0.4) is 0 Å². The number of nitrogens with one attached hydrogen (secondary N) is 1. The molecule has 0 bridgehead atoms. The Kier molecular flexibility index (Phi) is 4.98. The number of carbonyl (C=O) groups excluding carboxylic acids is 2. The Morgan fingerprint density at radius 3 is 2.33 bits per heavy atom. The van der Waals surface area contributed by atoms with Crippen LogP contribution in [0.5, 0.6) is 5.75 Å². The lowest BCUT2D eigenvalue weighted by molar-refractivity contribution is -0.274. The van der Waals surface area contributed by atoms with E-state index in [9.17, 15) is 22.8 Å². The third-order valence-corrected chi connectivity index (χ3v) is 3.53. The summed E-state index contributed by atoms with van der Waals surface area (Å²) in [5.74, 6) is -0.408. The number of halogens is 3. The van der Waals surface area contributed by atoms with E-state index in [1.165, 1.54) is 18.2 Å². The number of hydrogen-bond donors (Lipinski definition) is 1. The molecule has 3 rings (SSSR count). The second kappa shape index (κ2) is 7.36. The molecular formula is C19H12F3NO4. The maximum atomic E-state index is 12.6. The van der Waals surface area contributed by atoms with Gasteiger partial charge in [0.15, 0.2) is 12.0 Å². The van der Waals surface area contributed by atoms with Crippen molar-refractivity contribution in [2.24, 2.45) is 0 Å². The van der Waals surface area contributed by atoms with Crippen LogP contribution in [-0.2, 0) is 0 Å². The van der Waals surface area contributed by atoms with Crippen LogP contribution in [0.1, 0.15) is 20.9 Å². The van der Waals surface area contributed by atoms with E-state index in [0.29, 0.717) is 17.6 Å². The van der Waals surface area contributed by atoms with E-state index >= 15 is 0 Å². The summed E-state index contributed by atoms with van der Waals surface area (Å²) in [6.07, 6.45) is -4.23. The monoisotopic (exact) mass is 375 g/mol. The van der Waals surface area contributed by atoms with E-state index in [2.05, 4.69) is 10.1 Å². The zero-order valence-electron chi connectivity index (χ0n) is 13.6. The summed E-state index contributed by atoms with van der Waals surface area (Å²) in [5.41, 5.74) is 1.04. The Morgan fingerprint density at radius 1 is 1.00 bits per heavy atom. The van der Waals surface area contributed by atoms with Gasteiger partial charge in [-0.25, -0.2) is 0 Å². The molecule has 1 aromatic heterocycles. The van der Waals surface area contributed by atoms with Gasteiger partial charge in [-0.05, 0) is 42.5 Å². The summed E-state index contributed by atoms with van der Waals surface area (Å²) < 4.78 is 45.7. The van der Waals surface area contributed by atoms with Crippen molar-refractivity contribution in [3.05, 3.63) is 72.0 Å². The van der Waals surface area contributed by atoms with Gasteiger partial charge in [-0.2, -0.15) is 0 Å². The van der Waals surface area contributed by atoms with Gasteiger partial charge < -0.3 is 14.5 Å². The first kappa shape index (κ1) is 18.2. The summed E-state index contributed by atoms with van der Waals surface area (Å²) in [6.45, 7) is 0. The molecule has 0 aliphatic carbocycles. The predicted molar refractivity (Wildman–Crippen MR) is 90.6 cm³/mol. The van der Waals surface area contributed by atoms with Crippen LogP contribution < -0.4 is 10.1 Å². The summed E-state index contributed by atoms with van der Waals surface area (Å²) in [5, 5.41) is 2.59. The number of rotatable bonds is 5. The molecule has 0 unspecified atom stereocenters. The highest BCUT2D eigenvalue weighted by Crippen LogP contribution is 2.27. The molecule has 1 heterocycles. The molecule has 1 amide bonds. The molecule has 0 saturated carbocycles. The molecule has 2 aromatic carbocycles. The number of furan rings is 1. The molecule has 1 N–H and O–H groups in total. The average molecular weight is 375 g/mol. The van der Waals surface area contributed by atoms with Crippen LogP contribution in [0.2, 0.25) is 0 Å². The number of aldehydes is 1. The van der Waals surface area contributed by atoms with Gasteiger partial charge in [-0.3, -0.25) is 9.59 Å². The molecule has 5 nitrogen and oxygen atoms in total. The zero-order chi connectivity index (χ0) is 19.4. The third-order valence-electron chi connectivity index (χ3n) is 3.53. The first-order chi connectivity index (χ1) is 12.9. The molecule has 138 valence electrons. The summed E-state index contributed by atoms with van der Waals surface area (Å²) in [4.78, 5) is 23.3. The largest absolute Gasteiger partial charge is 0.573 e. The number of carbonyl (C=O) groups is 2. The van der Waals surface area contributed by atoms with Gasteiger partial charge in [-0.1, -0.05) is 18.2 Å². The van der Waals surface area contributed by atoms with Crippen molar-refractivity contribution in [2.45, 2.75) is 6.36 Å². The van der Waals surface area contributed by atoms with Gasteiger partial charge in [0.05, 0.1) is 5.56 Å². The lowest BCUT2D eigenvalue weighted by Crippen LogP contribution is -2.17. The van der Waals surface area contributed by atoms with E-state index in [1.807, 2.05) is 0 Å². The molecule has 3 aromatic rings. The molecule has 0 aliphatic rings. The number of anilines is 1. The first-order valence-electron chi connectivity index (χ1n) is 7.67. The highest BCUT2D eigenvalue weighted by molar-refractivity contribution is 6.08. The SMILES string of the molecule is O=Cc1ccc(-c2ccccc2C(=O)Nc2ccc(OC(F)(F)F)cc2)o1. The predicted octanol–water partition coefficient (Wildman–Crippen LogP) is 4.91. The minimum Gasteiger partial charge on any atom is -0.453 e. The summed E-state index contributed by atoms with van der Waals surface area (Å²) >= 11 is 0. The van der Waals surface area contributed by atoms with Crippen molar-refractivity contribution in [1.29, 1.82) is 0 Å². The number of amides is 1. The lowest BCUT2D eigenvalue weighted by atomic mass is 10.0. The lowest BCUT2D eigenvalue weighted by Gasteiger charge is -2.11. The fourth-order valence-electron chi connectivity index (χ4n) is 2.40. The van der Waals surface area contributed by atoms with E-state index in [1.54, 1.807) is 30.3 Å². The summed E-state index contributed by atoms with van der Waals surface area (Å²) in [6, 6.07) is 14.4.